The Kier molecular flexibility index (Phi) is 7.75. The van der Waals surface area contributed by atoms with Gasteiger partial charge in [0.05, 0.1) is 5.69 Å². The van der Waals surface area contributed by atoms with Crippen LogP contribution in [0.2, 0.25) is 0 Å². The number of hydrogen-bond donors (Lipinski definition) is 1. The van der Waals surface area contributed by atoms with E-state index in [4.69, 9.17) is 0 Å². The maximum atomic E-state index is 12.2. The number of nitrogens with zero attached hydrogens (tertiary/aromatic N) is 1. The van der Waals surface area contributed by atoms with Gasteiger partial charge in [0.1, 0.15) is 4.90 Å². The van der Waals surface area contributed by atoms with Crippen molar-refractivity contribution in [3.05, 3.63) is 24.3 Å². The molecule has 0 unspecified atom stereocenters. The first-order chi connectivity index (χ1) is 10.00. The fraction of sp³-hybridized carbons (Fsp3) is 0.625. The number of rotatable bonds is 10. The number of sulfonamides is 1. The molecule has 0 bridgehead atoms. The van der Waals surface area contributed by atoms with Crippen molar-refractivity contribution in [2.75, 3.05) is 26.0 Å². The highest BCUT2D eigenvalue weighted by atomic mass is 32.2. The normalized spacial score (nSPS) is 11.8. The Morgan fingerprint density at radius 1 is 1.00 bits per heavy atom. The third-order valence-corrected chi connectivity index (χ3v) is 5.36. The predicted octanol–water partition coefficient (Wildman–Crippen LogP) is 3.71. The third kappa shape index (κ3) is 5.67. The van der Waals surface area contributed by atoms with Gasteiger partial charge in [0, 0.05) is 20.6 Å². The van der Waals surface area contributed by atoms with Crippen molar-refractivity contribution >= 4 is 15.7 Å². The molecule has 0 aromatic heterocycles. The molecule has 4 nitrogen and oxygen atoms in total. The van der Waals surface area contributed by atoms with Gasteiger partial charge in [-0.25, -0.2) is 12.7 Å². The molecule has 1 N–H and O–H groups in total. The predicted molar refractivity (Wildman–Crippen MR) is 89.2 cm³/mol. The van der Waals surface area contributed by atoms with Crippen LogP contribution in [-0.2, 0) is 10.0 Å². The Bertz CT molecular complexity index is 513. The number of para-hydroxylation sites is 1. The summed E-state index contributed by atoms with van der Waals surface area (Å²) in [6, 6.07) is 7.09. The van der Waals surface area contributed by atoms with E-state index in [9.17, 15) is 8.42 Å². The summed E-state index contributed by atoms with van der Waals surface area (Å²) in [6.45, 7) is 3.02. The number of hydrogen-bond acceptors (Lipinski definition) is 3. The summed E-state index contributed by atoms with van der Waals surface area (Å²) in [5.41, 5.74) is 0.694. The van der Waals surface area contributed by atoms with Crippen molar-refractivity contribution in [3.8, 4) is 0 Å². The van der Waals surface area contributed by atoms with Crippen molar-refractivity contribution in [2.24, 2.45) is 0 Å². The van der Waals surface area contributed by atoms with Gasteiger partial charge in [-0.2, -0.15) is 0 Å². The quantitative estimate of drug-likeness (QED) is 0.670. The van der Waals surface area contributed by atoms with Gasteiger partial charge in [-0.3, -0.25) is 0 Å². The highest BCUT2D eigenvalue weighted by Crippen LogP contribution is 2.23. The second kappa shape index (κ2) is 9.05. The van der Waals surface area contributed by atoms with Gasteiger partial charge in [0.25, 0.3) is 0 Å². The molecule has 0 radical (unpaired) electrons. The molecule has 120 valence electrons. The van der Waals surface area contributed by atoms with Crippen LogP contribution < -0.4 is 5.32 Å². The Hall–Kier alpha value is -1.07. The highest BCUT2D eigenvalue weighted by molar-refractivity contribution is 7.89. The lowest BCUT2D eigenvalue weighted by atomic mass is 10.1. The molecule has 0 aliphatic heterocycles. The first-order valence-electron chi connectivity index (χ1n) is 7.75. The molecular formula is C16H28N2O2S. The van der Waals surface area contributed by atoms with E-state index in [1.807, 2.05) is 12.1 Å². The Morgan fingerprint density at radius 3 is 2.29 bits per heavy atom. The number of unbranched alkanes of at least 4 members (excludes halogenated alkanes) is 5. The second-order valence-corrected chi connectivity index (χ2v) is 7.60. The summed E-state index contributed by atoms with van der Waals surface area (Å²) >= 11 is 0. The van der Waals surface area contributed by atoms with Crippen LogP contribution in [0.3, 0.4) is 0 Å². The molecule has 0 spiro atoms. The van der Waals surface area contributed by atoms with Crippen LogP contribution in [-0.4, -0.2) is 33.4 Å². The molecule has 0 aliphatic carbocycles. The molecule has 0 amide bonds. The van der Waals surface area contributed by atoms with Crippen molar-refractivity contribution in [2.45, 2.75) is 50.3 Å². The van der Waals surface area contributed by atoms with E-state index in [2.05, 4.69) is 12.2 Å². The van der Waals surface area contributed by atoms with Crippen LogP contribution in [0, 0.1) is 0 Å². The topological polar surface area (TPSA) is 49.4 Å². The van der Waals surface area contributed by atoms with Gasteiger partial charge >= 0.3 is 0 Å². The standard InChI is InChI=1S/C16H28N2O2S/c1-4-5-6-7-8-11-14-17-15-12-9-10-13-16(15)21(19,20)18(2)3/h9-10,12-13,17H,4-8,11,14H2,1-3H3. The van der Waals surface area contributed by atoms with Gasteiger partial charge < -0.3 is 5.32 Å². The zero-order valence-corrected chi connectivity index (χ0v) is 14.2. The summed E-state index contributed by atoms with van der Waals surface area (Å²) in [4.78, 5) is 0.348. The Morgan fingerprint density at radius 2 is 1.62 bits per heavy atom. The fourth-order valence-corrected chi connectivity index (χ4v) is 3.22. The van der Waals surface area contributed by atoms with Gasteiger partial charge in [0.15, 0.2) is 0 Å². The van der Waals surface area contributed by atoms with Gasteiger partial charge in [-0.1, -0.05) is 51.2 Å². The largest absolute Gasteiger partial charge is 0.384 e. The monoisotopic (exact) mass is 312 g/mol. The molecule has 0 atom stereocenters. The van der Waals surface area contributed by atoms with E-state index in [1.54, 1.807) is 26.2 Å². The number of benzene rings is 1. The van der Waals surface area contributed by atoms with Crippen LogP contribution in [0.15, 0.2) is 29.2 Å². The summed E-state index contributed by atoms with van der Waals surface area (Å²) in [6.07, 6.45) is 7.37. The smallest absolute Gasteiger partial charge is 0.244 e. The van der Waals surface area contributed by atoms with Crippen molar-refractivity contribution in [3.63, 3.8) is 0 Å². The van der Waals surface area contributed by atoms with E-state index in [1.165, 1.54) is 36.4 Å². The Labute approximate surface area is 129 Å². The van der Waals surface area contributed by atoms with Crippen LogP contribution in [0.4, 0.5) is 5.69 Å². The molecular weight excluding hydrogens is 284 g/mol. The summed E-state index contributed by atoms with van der Waals surface area (Å²) < 4.78 is 25.7. The molecule has 0 saturated carbocycles. The van der Waals surface area contributed by atoms with Gasteiger partial charge in [0.2, 0.25) is 10.0 Å². The minimum atomic E-state index is -3.39. The molecule has 0 saturated heterocycles. The van der Waals surface area contributed by atoms with Crippen molar-refractivity contribution < 1.29 is 8.42 Å². The third-order valence-electron chi connectivity index (χ3n) is 3.49. The summed E-state index contributed by atoms with van der Waals surface area (Å²) in [5, 5.41) is 3.26. The first kappa shape index (κ1) is 18.0. The minimum absolute atomic E-state index is 0.348. The zero-order valence-electron chi connectivity index (χ0n) is 13.4. The molecule has 0 aliphatic rings. The second-order valence-electron chi connectivity index (χ2n) is 5.48. The van der Waals surface area contributed by atoms with E-state index in [0.717, 1.165) is 13.0 Å². The Balaban J connectivity index is 2.53. The molecule has 5 heteroatoms. The molecule has 1 rings (SSSR count). The lowest BCUT2D eigenvalue weighted by molar-refractivity contribution is 0.521. The highest BCUT2D eigenvalue weighted by Gasteiger charge is 2.20. The maximum Gasteiger partial charge on any atom is 0.244 e. The van der Waals surface area contributed by atoms with E-state index < -0.39 is 10.0 Å². The van der Waals surface area contributed by atoms with Crippen molar-refractivity contribution in [1.29, 1.82) is 0 Å². The van der Waals surface area contributed by atoms with Crippen LogP contribution in [0.5, 0.6) is 0 Å². The average molecular weight is 312 g/mol. The van der Waals surface area contributed by atoms with Crippen LogP contribution in [0.1, 0.15) is 45.4 Å². The number of nitrogens with one attached hydrogen (secondary N) is 1. The van der Waals surface area contributed by atoms with Crippen LogP contribution in [0.25, 0.3) is 0 Å². The minimum Gasteiger partial charge on any atom is -0.384 e. The SMILES string of the molecule is CCCCCCCCNc1ccccc1S(=O)(=O)N(C)C. The lowest BCUT2D eigenvalue weighted by Crippen LogP contribution is -2.23. The van der Waals surface area contributed by atoms with Crippen molar-refractivity contribution in [1.82, 2.24) is 4.31 Å². The first-order valence-corrected chi connectivity index (χ1v) is 9.19. The molecule has 21 heavy (non-hydrogen) atoms. The van der Waals surface area contributed by atoms with Gasteiger partial charge in [-0.05, 0) is 18.6 Å². The lowest BCUT2D eigenvalue weighted by Gasteiger charge is -2.16. The zero-order chi connectivity index (χ0) is 15.7. The summed E-state index contributed by atoms with van der Waals surface area (Å²) in [5.74, 6) is 0. The fourth-order valence-electron chi connectivity index (χ4n) is 2.16. The van der Waals surface area contributed by atoms with Crippen LogP contribution >= 0.6 is 0 Å². The van der Waals surface area contributed by atoms with E-state index in [0.29, 0.717) is 10.6 Å². The number of anilines is 1. The van der Waals surface area contributed by atoms with Gasteiger partial charge in [-0.15, -0.1) is 0 Å². The average Bonchev–Trinajstić information content (AvgIpc) is 2.46. The van der Waals surface area contributed by atoms with E-state index >= 15 is 0 Å². The maximum absolute atomic E-state index is 12.2. The van der Waals surface area contributed by atoms with E-state index in [-0.39, 0.29) is 0 Å². The molecule has 1 aromatic carbocycles. The molecule has 0 heterocycles. The molecule has 0 fully saturated rings. The molecule has 1 aromatic rings. The summed E-state index contributed by atoms with van der Waals surface area (Å²) in [7, 11) is -0.281.